The fraction of sp³-hybridized carbons (Fsp3) is 0.250. The molecule has 0 bridgehead atoms. The first-order valence-corrected chi connectivity index (χ1v) is 12.8. The number of para-hydroxylation sites is 1. The molecule has 3 heterocycles. The van der Waals surface area contributed by atoms with Gasteiger partial charge in [-0.25, -0.2) is 10.2 Å². The number of nitrogens with zero attached hydrogens (tertiary/aromatic N) is 5. The van der Waals surface area contributed by atoms with Crippen molar-refractivity contribution in [2.45, 2.75) is 26.2 Å². The molecule has 2 aromatic heterocycles. The normalized spacial score (nSPS) is 13.3. The Morgan fingerprint density at radius 3 is 2.59 bits per heavy atom. The van der Waals surface area contributed by atoms with Crippen molar-refractivity contribution in [3.63, 3.8) is 0 Å². The number of carbonyl (C=O) groups is 1. The summed E-state index contributed by atoms with van der Waals surface area (Å²) in [6.07, 6.45) is 6.42. The number of hydrogen-bond donors (Lipinski definition) is 2. The summed E-state index contributed by atoms with van der Waals surface area (Å²) < 4.78 is 16.2. The van der Waals surface area contributed by atoms with Crippen molar-refractivity contribution in [3.05, 3.63) is 78.3 Å². The van der Waals surface area contributed by atoms with Crippen molar-refractivity contribution >= 4 is 35.7 Å². The topological polar surface area (TPSA) is 127 Å². The lowest BCUT2D eigenvalue weighted by Gasteiger charge is -2.26. The van der Waals surface area contributed by atoms with E-state index in [1.807, 2.05) is 37.3 Å². The van der Waals surface area contributed by atoms with Crippen LogP contribution in [0.15, 0.2) is 76.4 Å². The summed E-state index contributed by atoms with van der Waals surface area (Å²) in [6, 6.07) is 18.0. The molecule has 0 spiro atoms. The second-order valence-electron chi connectivity index (χ2n) is 8.70. The molecule has 11 nitrogen and oxygen atoms in total. The van der Waals surface area contributed by atoms with Crippen LogP contribution < -0.4 is 25.1 Å². The highest BCUT2D eigenvalue weighted by atomic mass is 16.6. The maximum atomic E-state index is 12.3. The molecular formula is C28H29N7O4. The lowest BCUT2D eigenvalue weighted by Crippen LogP contribution is -2.31. The fourth-order valence-electron chi connectivity index (χ4n) is 4.02. The molecule has 1 fully saturated rings. The molecule has 1 aliphatic rings. The van der Waals surface area contributed by atoms with Crippen molar-refractivity contribution in [1.82, 2.24) is 15.0 Å². The zero-order valence-electron chi connectivity index (χ0n) is 21.5. The Kier molecular flexibility index (Phi) is 8.27. The van der Waals surface area contributed by atoms with Gasteiger partial charge >= 0.3 is 5.97 Å². The van der Waals surface area contributed by atoms with Gasteiger partial charge in [-0.1, -0.05) is 18.2 Å². The number of benzene rings is 2. The van der Waals surface area contributed by atoms with E-state index in [9.17, 15) is 4.79 Å². The quantitative estimate of drug-likeness (QED) is 0.122. The molecule has 1 saturated heterocycles. The molecule has 0 saturated carbocycles. The largest absolute Gasteiger partial charge is 0.490 e. The van der Waals surface area contributed by atoms with Gasteiger partial charge in [0, 0.05) is 18.8 Å². The van der Waals surface area contributed by atoms with Gasteiger partial charge in [0.1, 0.15) is 0 Å². The van der Waals surface area contributed by atoms with Gasteiger partial charge < -0.3 is 24.1 Å². The SMILES string of the molecule is CCOc1cc(/C=N\Nc2nc(Nc3ccccc3)nc(N3CCCCC3)n2)ccc1OC(=O)c1ccco1. The van der Waals surface area contributed by atoms with Crippen molar-refractivity contribution in [3.8, 4) is 11.5 Å². The molecule has 0 unspecified atom stereocenters. The molecule has 2 aromatic carbocycles. The number of ether oxygens (including phenoxy) is 2. The monoisotopic (exact) mass is 527 g/mol. The molecule has 0 atom stereocenters. The molecule has 0 amide bonds. The maximum absolute atomic E-state index is 12.3. The number of esters is 1. The Morgan fingerprint density at radius 1 is 1.00 bits per heavy atom. The van der Waals surface area contributed by atoms with Crippen LogP contribution in [0.25, 0.3) is 0 Å². The Hall–Kier alpha value is -4.93. The Balaban J connectivity index is 1.32. The minimum absolute atomic E-state index is 0.106. The predicted molar refractivity (Wildman–Crippen MR) is 148 cm³/mol. The van der Waals surface area contributed by atoms with Gasteiger partial charge in [-0.2, -0.15) is 20.1 Å². The van der Waals surface area contributed by atoms with Crippen molar-refractivity contribution in [2.24, 2.45) is 5.10 Å². The summed E-state index contributed by atoms with van der Waals surface area (Å²) in [5.41, 5.74) is 4.51. The average Bonchev–Trinajstić information content (AvgIpc) is 3.51. The highest BCUT2D eigenvalue weighted by molar-refractivity contribution is 5.89. The second-order valence-corrected chi connectivity index (χ2v) is 8.70. The molecule has 1 aliphatic heterocycles. The van der Waals surface area contributed by atoms with Crippen molar-refractivity contribution < 1.29 is 18.7 Å². The molecule has 5 rings (SSSR count). The predicted octanol–water partition coefficient (Wildman–Crippen LogP) is 5.26. The van der Waals surface area contributed by atoms with Crippen LogP contribution in [0.2, 0.25) is 0 Å². The molecule has 39 heavy (non-hydrogen) atoms. The first-order chi connectivity index (χ1) is 19.2. The molecule has 4 aromatic rings. The van der Waals surface area contributed by atoms with E-state index in [4.69, 9.17) is 13.9 Å². The first-order valence-electron chi connectivity index (χ1n) is 12.8. The summed E-state index contributed by atoms with van der Waals surface area (Å²) in [5.74, 6) is 1.53. The average molecular weight is 528 g/mol. The third-order valence-electron chi connectivity index (χ3n) is 5.86. The maximum Gasteiger partial charge on any atom is 0.379 e. The zero-order valence-corrected chi connectivity index (χ0v) is 21.5. The number of carbonyl (C=O) groups excluding carboxylic acids is 1. The fourth-order valence-corrected chi connectivity index (χ4v) is 4.02. The number of anilines is 4. The molecule has 11 heteroatoms. The molecule has 0 radical (unpaired) electrons. The summed E-state index contributed by atoms with van der Waals surface area (Å²) in [6.45, 7) is 4.04. The zero-order chi connectivity index (χ0) is 26.9. The van der Waals surface area contributed by atoms with E-state index < -0.39 is 5.97 Å². The number of nitrogens with one attached hydrogen (secondary N) is 2. The van der Waals surface area contributed by atoms with Gasteiger partial charge in [-0.15, -0.1) is 0 Å². The Morgan fingerprint density at radius 2 is 1.82 bits per heavy atom. The minimum atomic E-state index is -0.608. The number of hydrogen-bond acceptors (Lipinski definition) is 11. The standard InChI is InChI=1S/C28H29N7O4/c1-2-37-24-18-20(13-14-22(24)39-25(36)23-12-9-17-38-23)19-29-34-27-31-26(30-21-10-5-3-6-11-21)32-28(33-27)35-15-7-4-8-16-35/h3,5-6,9-14,17-19H,2,4,7-8,15-16H2,1H3,(H2,30,31,32,33,34)/b29-19-. The van der Waals surface area contributed by atoms with Crippen LogP contribution in [0.5, 0.6) is 11.5 Å². The lowest BCUT2D eigenvalue weighted by atomic mass is 10.1. The first kappa shape index (κ1) is 25.7. The highest BCUT2D eigenvalue weighted by Gasteiger charge is 2.17. The van der Waals surface area contributed by atoms with Gasteiger partial charge in [-0.3, -0.25) is 0 Å². The second kappa shape index (κ2) is 12.5. The summed E-state index contributed by atoms with van der Waals surface area (Å²) in [5, 5.41) is 7.57. The van der Waals surface area contributed by atoms with Crippen LogP contribution in [0.3, 0.4) is 0 Å². The van der Waals surface area contributed by atoms with E-state index in [0.717, 1.165) is 37.2 Å². The number of hydrazone groups is 1. The van der Waals surface area contributed by atoms with E-state index in [1.165, 1.54) is 18.8 Å². The van der Waals surface area contributed by atoms with E-state index >= 15 is 0 Å². The van der Waals surface area contributed by atoms with Gasteiger partial charge in [0.15, 0.2) is 11.5 Å². The van der Waals surface area contributed by atoms with E-state index in [1.54, 1.807) is 30.5 Å². The third-order valence-corrected chi connectivity index (χ3v) is 5.86. The summed E-state index contributed by atoms with van der Waals surface area (Å²) >= 11 is 0. The van der Waals surface area contributed by atoms with Gasteiger partial charge in [0.25, 0.3) is 0 Å². The Bertz CT molecular complexity index is 1400. The van der Waals surface area contributed by atoms with Crippen LogP contribution >= 0.6 is 0 Å². The summed E-state index contributed by atoms with van der Waals surface area (Å²) in [7, 11) is 0. The molecular weight excluding hydrogens is 498 g/mol. The number of aromatic nitrogens is 3. The molecule has 200 valence electrons. The molecule has 0 aliphatic carbocycles. The van der Waals surface area contributed by atoms with Crippen LogP contribution in [0, 0.1) is 0 Å². The number of rotatable bonds is 10. The van der Waals surface area contributed by atoms with Crippen LogP contribution in [0.4, 0.5) is 23.5 Å². The van der Waals surface area contributed by atoms with Crippen molar-refractivity contribution in [1.29, 1.82) is 0 Å². The van der Waals surface area contributed by atoms with Gasteiger partial charge in [-0.05, 0) is 74.2 Å². The smallest absolute Gasteiger partial charge is 0.379 e. The Labute approximate surface area is 225 Å². The number of furan rings is 1. The lowest BCUT2D eigenvalue weighted by molar-refractivity contribution is 0.0695. The number of piperidine rings is 1. The van der Waals surface area contributed by atoms with Crippen LogP contribution in [-0.2, 0) is 0 Å². The van der Waals surface area contributed by atoms with E-state index in [2.05, 4.69) is 35.7 Å². The van der Waals surface area contributed by atoms with Crippen LogP contribution in [-0.4, -0.2) is 46.8 Å². The minimum Gasteiger partial charge on any atom is -0.490 e. The van der Waals surface area contributed by atoms with Gasteiger partial charge in [0.05, 0.1) is 19.1 Å². The van der Waals surface area contributed by atoms with E-state index in [0.29, 0.717) is 30.2 Å². The summed E-state index contributed by atoms with van der Waals surface area (Å²) in [4.78, 5) is 28.2. The third kappa shape index (κ3) is 6.89. The van der Waals surface area contributed by atoms with Crippen molar-refractivity contribution in [2.75, 3.05) is 35.3 Å². The molecule has 2 N–H and O–H groups in total. The van der Waals surface area contributed by atoms with E-state index in [-0.39, 0.29) is 11.5 Å². The highest BCUT2D eigenvalue weighted by Crippen LogP contribution is 2.29. The van der Waals surface area contributed by atoms with Gasteiger partial charge in [0.2, 0.25) is 23.6 Å². The van der Waals surface area contributed by atoms with Crippen LogP contribution in [0.1, 0.15) is 42.3 Å².